The minimum atomic E-state index is -0.758. The molecule has 0 aliphatic carbocycles. The molecule has 3 aliphatic rings. The van der Waals surface area contributed by atoms with Crippen LogP contribution in [0, 0.1) is 17.7 Å². The van der Waals surface area contributed by atoms with Gasteiger partial charge in [0.2, 0.25) is 11.8 Å². The molecule has 2 N–H and O–H groups in total. The van der Waals surface area contributed by atoms with Crippen molar-refractivity contribution >= 4 is 28.4 Å². The number of fused-ring (bicyclic) bond motifs is 2. The lowest BCUT2D eigenvalue weighted by molar-refractivity contribution is -0.135. The third kappa shape index (κ3) is 2.88. The predicted molar refractivity (Wildman–Crippen MR) is 117 cm³/mol. The molecule has 0 radical (unpaired) electrons. The molecule has 0 unspecified atom stereocenters. The fraction of sp³-hybridized carbons (Fsp3) is 0.280. The number of hydrogen-bond acceptors (Lipinski definition) is 3. The largest absolute Gasteiger partial charge is 0.361 e. The molecule has 6 rings (SSSR count). The zero-order valence-corrected chi connectivity index (χ0v) is 17.3. The zero-order chi connectivity index (χ0) is 21.9. The molecule has 4 heterocycles. The lowest BCUT2D eigenvalue weighted by Crippen LogP contribution is -2.41. The summed E-state index contributed by atoms with van der Waals surface area (Å²) in [5.41, 5.74) is 1.84. The van der Waals surface area contributed by atoms with E-state index in [2.05, 4.69) is 16.4 Å². The van der Waals surface area contributed by atoms with Gasteiger partial charge in [0.25, 0.3) is 0 Å². The van der Waals surface area contributed by atoms with E-state index in [9.17, 15) is 14.0 Å². The Bertz CT molecular complexity index is 1270. The van der Waals surface area contributed by atoms with Gasteiger partial charge in [0.15, 0.2) is 0 Å². The Balaban J connectivity index is 1.20. The maximum absolute atomic E-state index is 13.5. The molecule has 3 aliphatic heterocycles. The fourth-order valence-corrected chi connectivity index (χ4v) is 5.45. The molecule has 2 fully saturated rings. The van der Waals surface area contributed by atoms with E-state index >= 15 is 0 Å². The van der Waals surface area contributed by atoms with Gasteiger partial charge in [-0.05, 0) is 36.2 Å². The standard InChI is InChI=1S/C25H22FN3O3/c26-16-4-3-5-17(12-16)28-23(30)21-20-8-10-25(32-20)14-29(24(31)22(21)25)11-9-15-13-27-19-7-2-1-6-18(15)19/h1-8,10,12-13,20-22,27H,9,11,14H2,(H,28,30)/t20-,21+,22+,25-/m0/s1. The molecule has 1 aromatic heterocycles. The number of likely N-dealkylation sites (tertiary alicyclic amines) is 1. The zero-order valence-electron chi connectivity index (χ0n) is 17.3. The minimum absolute atomic E-state index is 0.0592. The topological polar surface area (TPSA) is 74.4 Å². The SMILES string of the molecule is O=C(Nc1cccc(F)c1)[C@@H]1[C@@H]2C=C[C@@]3(CN(CCc4c[nH]c5ccccc45)C(=O)[C@@H]13)O2. The van der Waals surface area contributed by atoms with E-state index < -0.39 is 29.4 Å². The molecule has 2 saturated heterocycles. The Morgan fingerprint density at radius 3 is 3.00 bits per heavy atom. The summed E-state index contributed by atoms with van der Waals surface area (Å²) < 4.78 is 19.7. The van der Waals surface area contributed by atoms with Gasteiger partial charge in [-0.3, -0.25) is 9.59 Å². The van der Waals surface area contributed by atoms with Gasteiger partial charge in [-0.2, -0.15) is 0 Å². The third-order valence-corrected chi connectivity index (χ3v) is 6.90. The predicted octanol–water partition coefficient (Wildman–Crippen LogP) is 3.27. The smallest absolute Gasteiger partial charge is 0.231 e. The first-order chi connectivity index (χ1) is 15.5. The summed E-state index contributed by atoms with van der Waals surface area (Å²) in [5, 5.41) is 3.92. The monoisotopic (exact) mass is 431 g/mol. The molecule has 2 aromatic carbocycles. The third-order valence-electron chi connectivity index (χ3n) is 6.90. The van der Waals surface area contributed by atoms with Crippen LogP contribution in [0.25, 0.3) is 10.9 Å². The minimum Gasteiger partial charge on any atom is -0.361 e. The molecule has 2 amide bonds. The van der Waals surface area contributed by atoms with Gasteiger partial charge < -0.3 is 19.9 Å². The first-order valence-corrected chi connectivity index (χ1v) is 10.8. The van der Waals surface area contributed by atoms with E-state index in [1.54, 1.807) is 11.0 Å². The van der Waals surface area contributed by atoms with Crippen LogP contribution in [0.4, 0.5) is 10.1 Å². The number of H-pyrrole nitrogens is 1. The number of aromatic amines is 1. The molecule has 0 saturated carbocycles. The second kappa shape index (κ2) is 7.03. The summed E-state index contributed by atoms with van der Waals surface area (Å²) in [7, 11) is 0. The number of nitrogens with zero attached hydrogens (tertiary/aromatic N) is 1. The Morgan fingerprint density at radius 1 is 1.25 bits per heavy atom. The number of ether oxygens (including phenoxy) is 1. The number of carbonyl (C=O) groups is 2. The molecule has 6 nitrogen and oxygen atoms in total. The number of carbonyl (C=O) groups excluding carboxylic acids is 2. The molecule has 4 atom stereocenters. The van der Waals surface area contributed by atoms with Crippen molar-refractivity contribution in [3.05, 3.63) is 78.3 Å². The van der Waals surface area contributed by atoms with Gasteiger partial charge in [0.05, 0.1) is 24.5 Å². The van der Waals surface area contributed by atoms with Gasteiger partial charge in [-0.1, -0.05) is 36.4 Å². The maximum Gasteiger partial charge on any atom is 0.231 e. The van der Waals surface area contributed by atoms with Crippen molar-refractivity contribution in [2.24, 2.45) is 11.8 Å². The number of anilines is 1. The number of aromatic nitrogens is 1. The normalized spacial score (nSPS) is 28.0. The van der Waals surface area contributed by atoms with Crippen LogP contribution >= 0.6 is 0 Å². The number of halogens is 1. The van der Waals surface area contributed by atoms with Crippen molar-refractivity contribution in [3.8, 4) is 0 Å². The quantitative estimate of drug-likeness (QED) is 0.609. The first kappa shape index (κ1) is 19.3. The molecule has 162 valence electrons. The summed E-state index contributed by atoms with van der Waals surface area (Å²) in [5.74, 6) is -1.99. The highest BCUT2D eigenvalue weighted by Crippen LogP contribution is 2.52. The molecule has 7 heteroatoms. The van der Waals surface area contributed by atoms with E-state index in [4.69, 9.17) is 4.74 Å². The average Bonchev–Trinajstić information content (AvgIpc) is 3.52. The summed E-state index contributed by atoms with van der Waals surface area (Å²) in [4.78, 5) is 31.5. The summed E-state index contributed by atoms with van der Waals surface area (Å²) in [6, 6.07) is 13.8. The second-order valence-corrected chi connectivity index (χ2v) is 8.77. The number of benzene rings is 2. The first-order valence-electron chi connectivity index (χ1n) is 10.8. The molecular formula is C25H22FN3O3. The lowest BCUT2D eigenvalue weighted by Gasteiger charge is -2.23. The van der Waals surface area contributed by atoms with Crippen LogP contribution < -0.4 is 5.32 Å². The number of rotatable bonds is 5. The van der Waals surface area contributed by atoms with Crippen LogP contribution in [-0.2, 0) is 20.7 Å². The fourth-order valence-electron chi connectivity index (χ4n) is 5.45. The van der Waals surface area contributed by atoms with Crippen molar-refractivity contribution in [3.63, 3.8) is 0 Å². The van der Waals surface area contributed by atoms with Crippen molar-refractivity contribution in [1.82, 2.24) is 9.88 Å². The number of nitrogens with one attached hydrogen (secondary N) is 2. The Morgan fingerprint density at radius 2 is 2.12 bits per heavy atom. The van der Waals surface area contributed by atoms with Crippen molar-refractivity contribution in [2.75, 3.05) is 18.4 Å². The van der Waals surface area contributed by atoms with Crippen molar-refractivity contribution in [2.45, 2.75) is 18.1 Å². The van der Waals surface area contributed by atoms with Gasteiger partial charge in [-0.15, -0.1) is 0 Å². The highest BCUT2D eigenvalue weighted by Gasteiger charge is 2.66. The molecule has 32 heavy (non-hydrogen) atoms. The van der Waals surface area contributed by atoms with E-state index in [-0.39, 0.29) is 11.8 Å². The van der Waals surface area contributed by atoms with Crippen molar-refractivity contribution < 1.29 is 18.7 Å². The average molecular weight is 431 g/mol. The number of para-hydroxylation sites is 1. The Labute approximate surface area is 184 Å². The molecule has 2 bridgehead atoms. The van der Waals surface area contributed by atoms with Gasteiger partial charge in [-0.25, -0.2) is 4.39 Å². The van der Waals surface area contributed by atoms with Gasteiger partial charge in [0.1, 0.15) is 11.4 Å². The number of hydrogen-bond donors (Lipinski definition) is 2. The van der Waals surface area contributed by atoms with Gasteiger partial charge in [0, 0.05) is 29.3 Å². The summed E-state index contributed by atoms with van der Waals surface area (Å²) in [6.07, 6.45) is 6.09. The van der Waals surface area contributed by atoms with E-state index in [1.165, 1.54) is 18.2 Å². The Kier molecular flexibility index (Phi) is 4.23. The van der Waals surface area contributed by atoms with Crippen LogP contribution in [-0.4, -0.2) is 46.5 Å². The highest BCUT2D eigenvalue weighted by atomic mass is 19.1. The second-order valence-electron chi connectivity index (χ2n) is 8.77. The van der Waals surface area contributed by atoms with Crippen LogP contribution in [0.15, 0.2) is 66.9 Å². The summed E-state index contributed by atoms with van der Waals surface area (Å²) in [6.45, 7) is 0.995. The molecular weight excluding hydrogens is 409 g/mol. The van der Waals surface area contributed by atoms with Crippen LogP contribution in [0.1, 0.15) is 5.56 Å². The van der Waals surface area contributed by atoms with E-state index in [0.29, 0.717) is 25.2 Å². The number of amides is 2. The summed E-state index contributed by atoms with van der Waals surface area (Å²) >= 11 is 0. The molecule has 3 aromatic rings. The van der Waals surface area contributed by atoms with Crippen LogP contribution in [0.3, 0.4) is 0 Å². The van der Waals surface area contributed by atoms with Gasteiger partial charge >= 0.3 is 0 Å². The molecule has 1 spiro atoms. The highest BCUT2D eigenvalue weighted by molar-refractivity contribution is 5.99. The van der Waals surface area contributed by atoms with Crippen LogP contribution in [0.2, 0.25) is 0 Å². The maximum atomic E-state index is 13.5. The van der Waals surface area contributed by atoms with E-state index in [1.807, 2.05) is 36.5 Å². The lowest BCUT2D eigenvalue weighted by atomic mass is 9.77. The van der Waals surface area contributed by atoms with Crippen LogP contribution in [0.5, 0.6) is 0 Å². The van der Waals surface area contributed by atoms with E-state index in [0.717, 1.165) is 16.5 Å². The Hall–Kier alpha value is -3.45. The van der Waals surface area contributed by atoms with Crippen molar-refractivity contribution in [1.29, 1.82) is 0 Å².